The summed E-state index contributed by atoms with van der Waals surface area (Å²) in [6.07, 6.45) is 3.89. The second kappa shape index (κ2) is 11.2. The van der Waals surface area contributed by atoms with Crippen molar-refractivity contribution in [2.24, 2.45) is 5.92 Å². The van der Waals surface area contributed by atoms with E-state index in [1.165, 1.54) is 7.11 Å². The van der Waals surface area contributed by atoms with Crippen LogP contribution in [0, 0.1) is 5.92 Å². The van der Waals surface area contributed by atoms with Crippen molar-refractivity contribution in [3.63, 3.8) is 0 Å². The van der Waals surface area contributed by atoms with Crippen molar-refractivity contribution in [1.29, 1.82) is 0 Å². The zero-order valence-electron chi connectivity index (χ0n) is 18.7. The molecule has 0 heterocycles. The van der Waals surface area contributed by atoms with Crippen molar-refractivity contribution in [2.45, 2.75) is 77.2 Å². The minimum Gasteiger partial charge on any atom is -0.497 e. The molecule has 1 unspecified atom stereocenters. The monoisotopic (exact) mass is 421 g/mol. The molecule has 1 aliphatic rings. The maximum absolute atomic E-state index is 12.1. The molecule has 0 aromatic heterocycles. The highest BCUT2D eigenvalue weighted by Crippen LogP contribution is 2.30. The first-order valence-corrected chi connectivity index (χ1v) is 10.5. The molecule has 1 N–H and O–H groups in total. The standard InChI is InChI=1S/C23H35NO6/c1-23(2,3)30-22(26)24-20(21(25)28-5)14-16-6-12-19(13-7-16)29-15-17-8-10-18(27-4)11-9-17/h8-11,16,19-20H,6-7,12-15H2,1-5H3,(H,24,26). The summed E-state index contributed by atoms with van der Waals surface area (Å²) in [6, 6.07) is 7.17. The van der Waals surface area contributed by atoms with E-state index in [-0.39, 0.29) is 6.10 Å². The maximum atomic E-state index is 12.1. The zero-order valence-corrected chi connectivity index (χ0v) is 18.7. The summed E-state index contributed by atoms with van der Waals surface area (Å²) in [5.74, 6) is 0.711. The molecular formula is C23H35NO6. The van der Waals surface area contributed by atoms with E-state index in [2.05, 4.69) is 5.32 Å². The van der Waals surface area contributed by atoms with Gasteiger partial charge in [-0.25, -0.2) is 9.59 Å². The van der Waals surface area contributed by atoms with Crippen molar-refractivity contribution < 1.29 is 28.5 Å². The minimum atomic E-state index is -0.702. The van der Waals surface area contributed by atoms with Gasteiger partial charge < -0.3 is 24.3 Å². The van der Waals surface area contributed by atoms with Crippen LogP contribution in [0.3, 0.4) is 0 Å². The van der Waals surface area contributed by atoms with Crippen molar-refractivity contribution in [3.05, 3.63) is 29.8 Å². The van der Waals surface area contributed by atoms with Gasteiger partial charge in [0.15, 0.2) is 0 Å². The molecule has 0 aliphatic heterocycles. The minimum absolute atomic E-state index is 0.207. The lowest BCUT2D eigenvalue weighted by molar-refractivity contribution is -0.143. The van der Waals surface area contributed by atoms with Crippen LogP contribution in [0.4, 0.5) is 4.79 Å². The van der Waals surface area contributed by atoms with Gasteiger partial charge >= 0.3 is 12.1 Å². The number of ether oxygens (including phenoxy) is 4. The molecular weight excluding hydrogens is 386 g/mol. The van der Waals surface area contributed by atoms with E-state index in [1.54, 1.807) is 27.9 Å². The Bertz CT molecular complexity index is 674. The molecule has 1 atom stereocenters. The number of carbonyl (C=O) groups excluding carboxylic acids is 2. The molecule has 2 rings (SSSR count). The van der Waals surface area contributed by atoms with Gasteiger partial charge in [-0.2, -0.15) is 0 Å². The number of carbonyl (C=O) groups is 2. The lowest BCUT2D eigenvalue weighted by atomic mass is 9.83. The Balaban J connectivity index is 1.78. The van der Waals surface area contributed by atoms with E-state index in [1.807, 2.05) is 24.3 Å². The summed E-state index contributed by atoms with van der Waals surface area (Å²) in [5, 5.41) is 2.66. The van der Waals surface area contributed by atoms with E-state index in [9.17, 15) is 9.59 Å². The normalized spacial score (nSPS) is 20.2. The van der Waals surface area contributed by atoms with Crippen LogP contribution in [0.25, 0.3) is 0 Å². The number of benzene rings is 1. The fraction of sp³-hybridized carbons (Fsp3) is 0.652. The molecule has 0 radical (unpaired) electrons. The SMILES string of the molecule is COC(=O)C(CC1CCC(OCc2ccc(OC)cc2)CC1)NC(=O)OC(C)(C)C. The summed E-state index contributed by atoms with van der Waals surface area (Å²) in [7, 11) is 2.98. The quantitative estimate of drug-likeness (QED) is 0.633. The molecule has 0 spiro atoms. The smallest absolute Gasteiger partial charge is 0.408 e. The van der Waals surface area contributed by atoms with Crippen LogP contribution in [0.1, 0.15) is 58.4 Å². The van der Waals surface area contributed by atoms with Crippen LogP contribution in [-0.4, -0.2) is 44.0 Å². The number of nitrogens with one attached hydrogen (secondary N) is 1. The van der Waals surface area contributed by atoms with Crippen LogP contribution >= 0.6 is 0 Å². The highest BCUT2D eigenvalue weighted by Gasteiger charge is 2.30. The third-order valence-corrected chi connectivity index (χ3v) is 5.18. The Kier molecular flexibility index (Phi) is 8.96. The molecule has 0 saturated heterocycles. The molecule has 7 heteroatoms. The van der Waals surface area contributed by atoms with Gasteiger partial charge in [-0.15, -0.1) is 0 Å². The largest absolute Gasteiger partial charge is 0.497 e. The third kappa shape index (κ3) is 8.22. The summed E-state index contributed by atoms with van der Waals surface area (Å²) in [6.45, 7) is 5.93. The first-order chi connectivity index (χ1) is 14.2. The van der Waals surface area contributed by atoms with Gasteiger partial charge in [0.1, 0.15) is 17.4 Å². The topological polar surface area (TPSA) is 83.1 Å². The summed E-state index contributed by atoms with van der Waals surface area (Å²) in [4.78, 5) is 24.2. The highest BCUT2D eigenvalue weighted by molar-refractivity contribution is 5.81. The maximum Gasteiger partial charge on any atom is 0.408 e. The van der Waals surface area contributed by atoms with Crippen LogP contribution in [0.5, 0.6) is 5.75 Å². The molecule has 30 heavy (non-hydrogen) atoms. The molecule has 1 fully saturated rings. The Hall–Kier alpha value is -2.28. The van der Waals surface area contributed by atoms with E-state index in [0.717, 1.165) is 37.0 Å². The first kappa shape index (κ1) is 24.0. The lowest BCUT2D eigenvalue weighted by Crippen LogP contribution is -2.45. The van der Waals surface area contributed by atoms with Crippen molar-refractivity contribution in [2.75, 3.05) is 14.2 Å². The number of rotatable bonds is 8. The Labute approximate surface area is 179 Å². The number of alkyl carbamates (subject to hydrolysis) is 1. The number of hydrogen-bond donors (Lipinski definition) is 1. The number of methoxy groups -OCH3 is 2. The van der Waals surface area contributed by atoms with Crippen LogP contribution < -0.4 is 10.1 Å². The fourth-order valence-corrected chi connectivity index (χ4v) is 3.61. The van der Waals surface area contributed by atoms with E-state index in [0.29, 0.717) is 18.9 Å². The second-order valence-electron chi connectivity index (χ2n) is 8.76. The van der Waals surface area contributed by atoms with Gasteiger partial charge in [-0.1, -0.05) is 12.1 Å². The number of hydrogen-bond acceptors (Lipinski definition) is 6. The molecule has 1 aliphatic carbocycles. The fourth-order valence-electron chi connectivity index (χ4n) is 3.61. The molecule has 0 bridgehead atoms. The van der Waals surface area contributed by atoms with E-state index < -0.39 is 23.7 Å². The second-order valence-corrected chi connectivity index (χ2v) is 8.76. The van der Waals surface area contributed by atoms with Crippen LogP contribution in [-0.2, 0) is 25.6 Å². The van der Waals surface area contributed by atoms with Crippen molar-refractivity contribution in [3.8, 4) is 5.75 Å². The molecule has 168 valence electrons. The summed E-state index contributed by atoms with van der Waals surface area (Å²) in [5.41, 5.74) is 0.495. The van der Waals surface area contributed by atoms with Gasteiger partial charge in [0.05, 0.1) is 26.9 Å². The van der Waals surface area contributed by atoms with Crippen molar-refractivity contribution >= 4 is 12.1 Å². The van der Waals surface area contributed by atoms with Crippen LogP contribution in [0.2, 0.25) is 0 Å². The zero-order chi connectivity index (χ0) is 22.1. The predicted octanol–water partition coefficient (Wildman–Crippen LogP) is 4.23. The molecule has 1 saturated carbocycles. The number of esters is 1. The number of amides is 1. The van der Waals surface area contributed by atoms with Gasteiger partial charge in [-0.3, -0.25) is 0 Å². The molecule has 7 nitrogen and oxygen atoms in total. The van der Waals surface area contributed by atoms with Gasteiger partial charge in [0, 0.05) is 0 Å². The van der Waals surface area contributed by atoms with Crippen molar-refractivity contribution in [1.82, 2.24) is 5.32 Å². The van der Waals surface area contributed by atoms with Gasteiger partial charge in [0.2, 0.25) is 0 Å². The first-order valence-electron chi connectivity index (χ1n) is 10.5. The molecule has 1 aromatic carbocycles. The molecule has 1 amide bonds. The van der Waals surface area contributed by atoms with E-state index >= 15 is 0 Å². The molecule has 1 aromatic rings. The predicted molar refractivity (Wildman–Crippen MR) is 113 cm³/mol. The average molecular weight is 422 g/mol. The third-order valence-electron chi connectivity index (χ3n) is 5.18. The Morgan fingerprint density at radius 3 is 2.23 bits per heavy atom. The Morgan fingerprint density at radius 1 is 1.07 bits per heavy atom. The average Bonchev–Trinajstić information content (AvgIpc) is 2.71. The summed E-state index contributed by atoms with van der Waals surface area (Å²) < 4.78 is 21.4. The Morgan fingerprint density at radius 2 is 1.70 bits per heavy atom. The lowest BCUT2D eigenvalue weighted by Gasteiger charge is -2.31. The van der Waals surface area contributed by atoms with E-state index in [4.69, 9.17) is 18.9 Å². The van der Waals surface area contributed by atoms with Crippen LogP contribution in [0.15, 0.2) is 24.3 Å². The summed E-state index contributed by atoms with van der Waals surface area (Å²) >= 11 is 0. The van der Waals surface area contributed by atoms with Gasteiger partial charge in [-0.05, 0) is 76.5 Å². The highest BCUT2D eigenvalue weighted by atomic mass is 16.6. The van der Waals surface area contributed by atoms with Gasteiger partial charge in [0.25, 0.3) is 0 Å².